The Bertz CT molecular complexity index is 1100. The molecule has 13 heteroatoms. The van der Waals surface area contributed by atoms with Crippen molar-refractivity contribution >= 4 is 35.6 Å². The number of allylic oxidation sites excluding steroid dienone is 3. The first kappa shape index (κ1) is 34.6. The molecule has 0 spiro atoms. The van der Waals surface area contributed by atoms with E-state index in [-0.39, 0.29) is 18.3 Å². The van der Waals surface area contributed by atoms with E-state index in [1.54, 1.807) is 12.2 Å². The average Bonchev–Trinajstić information content (AvgIpc) is 2.82. The van der Waals surface area contributed by atoms with Crippen molar-refractivity contribution in [3.8, 4) is 0 Å². The zero-order valence-corrected chi connectivity index (χ0v) is 25.2. The largest absolute Gasteiger partial charge is 0.463 e. The summed E-state index contributed by atoms with van der Waals surface area (Å²) in [5.74, 6) is -3.71. The zero-order valence-electron chi connectivity index (χ0n) is 25.2. The third-order valence-electron chi connectivity index (χ3n) is 6.58. The van der Waals surface area contributed by atoms with Gasteiger partial charge in [-0.3, -0.25) is 28.8 Å². The summed E-state index contributed by atoms with van der Waals surface area (Å²) in [6.07, 6.45) is -2.46. The van der Waals surface area contributed by atoms with E-state index in [0.29, 0.717) is 6.42 Å². The fourth-order valence-electron chi connectivity index (χ4n) is 5.03. The standard InChI is InChI=1S/C29H40O13/c1-15-11-21(35)12-29(7,8)23(15)10-9-22(13-36-16(2)30)41-28-27(40-20(6)34)26(39-19(5)33)25(38-18(4)32)24(42-28)14-37-17(3)31/h9-11,22-28H,12-14H2,1-8H3/b10-9+/t22?,23?,24-,25-,26+,27-,28-/m1/s1. The number of carbonyl (C=O) groups excluding carboxylic acids is 6. The normalized spacial score (nSPS) is 27.8. The van der Waals surface area contributed by atoms with Crippen LogP contribution in [-0.2, 0) is 61.9 Å². The average molecular weight is 597 g/mol. The van der Waals surface area contributed by atoms with Crippen molar-refractivity contribution in [3.63, 3.8) is 0 Å². The summed E-state index contributed by atoms with van der Waals surface area (Å²) in [5.41, 5.74) is 0.429. The molecule has 0 saturated carbocycles. The first-order valence-electron chi connectivity index (χ1n) is 13.5. The molecule has 0 amide bonds. The molecule has 13 nitrogen and oxygen atoms in total. The van der Waals surface area contributed by atoms with Crippen LogP contribution in [-0.4, -0.2) is 85.7 Å². The second-order valence-electron chi connectivity index (χ2n) is 10.9. The van der Waals surface area contributed by atoms with Crippen LogP contribution >= 0.6 is 0 Å². The van der Waals surface area contributed by atoms with E-state index < -0.39 is 78.7 Å². The van der Waals surface area contributed by atoms with Crippen LogP contribution in [0.2, 0.25) is 0 Å². The lowest BCUT2D eigenvalue weighted by molar-refractivity contribution is -0.315. The third kappa shape index (κ3) is 10.4. The zero-order chi connectivity index (χ0) is 31.8. The number of ether oxygens (including phenoxy) is 7. The van der Waals surface area contributed by atoms with Crippen LogP contribution in [0.4, 0.5) is 0 Å². The SMILES string of the molecule is CC(=O)OCC(/C=C/C1C(C)=CC(=O)CC1(C)C)O[C@@H]1O[C@H](COC(C)=O)[C@@H](OC(C)=O)[C@H](OC(C)=O)[C@H]1OC(C)=O. The molecule has 0 aromatic heterocycles. The van der Waals surface area contributed by atoms with Gasteiger partial charge in [-0.15, -0.1) is 0 Å². The van der Waals surface area contributed by atoms with Gasteiger partial charge in [-0.1, -0.05) is 31.6 Å². The molecule has 234 valence electrons. The number of esters is 5. The maximum Gasteiger partial charge on any atom is 0.303 e. The molecule has 1 saturated heterocycles. The van der Waals surface area contributed by atoms with Gasteiger partial charge in [-0.25, -0.2) is 0 Å². The van der Waals surface area contributed by atoms with Crippen molar-refractivity contribution in [1.82, 2.24) is 0 Å². The minimum Gasteiger partial charge on any atom is -0.463 e. The molecule has 42 heavy (non-hydrogen) atoms. The first-order valence-corrected chi connectivity index (χ1v) is 13.5. The summed E-state index contributed by atoms with van der Waals surface area (Å²) in [6, 6.07) is 0. The van der Waals surface area contributed by atoms with Crippen LogP contribution in [0.25, 0.3) is 0 Å². The van der Waals surface area contributed by atoms with E-state index in [1.165, 1.54) is 13.8 Å². The summed E-state index contributed by atoms with van der Waals surface area (Å²) < 4.78 is 38.7. The highest BCUT2D eigenvalue weighted by Crippen LogP contribution is 2.40. The van der Waals surface area contributed by atoms with Crippen molar-refractivity contribution in [2.45, 2.75) is 98.6 Å². The number of hydrogen-bond acceptors (Lipinski definition) is 13. The topological polar surface area (TPSA) is 167 Å². The van der Waals surface area contributed by atoms with E-state index in [4.69, 9.17) is 33.2 Å². The molecule has 2 unspecified atom stereocenters. The molecule has 2 rings (SSSR count). The van der Waals surface area contributed by atoms with Gasteiger partial charge in [0.15, 0.2) is 30.4 Å². The van der Waals surface area contributed by atoms with Gasteiger partial charge in [-0.05, 0) is 18.4 Å². The first-order chi connectivity index (χ1) is 19.5. The van der Waals surface area contributed by atoms with Gasteiger partial charge in [0.1, 0.15) is 25.4 Å². The molecule has 1 fully saturated rings. The number of carbonyl (C=O) groups is 6. The highest BCUT2D eigenvalue weighted by molar-refractivity contribution is 5.92. The highest BCUT2D eigenvalue weighted by Gasteiger charge is 2.53. The van der Waals surface area contributed by atoms with E-state index in [1.807, 2.05) is 26.8 Å². The smallest absolute Gasteiger partial charge is 0.303 e. The number of hydrogen-bond donors (Lipinski definition) is 0. The van der Waals surface area contributed by atoms with Crippen LogP contribution in [0.1, 0.15) is 61.8 Å². The second kappa shape index (κ2) is 15.1. The predicted octanol–water partition coefficient (Wildman–Crippen LogP) is 2.14. The van der Waals surface area contributed by atoms with Gasteiger partial charge in [-0.2, -0.15) is 0 Å². The van der Waals surface area contributed by atoms with Gasteiger partial charge < -0.3 is 33.2 Å². The minimum atomic E-state index is -1.46. The lowest BCUT2D eigenvalue weighted by atomic mass is 9.68. The molecule has 0 aromatic carbocycles. The third-order valence-corrected chi connectivity index (χ3v) is 6.58. The fraction of sp³-hybridized carbons (Fsp3) is 0.655. The van der Waals surface area contributed by atoms with Crippen LogP contribution in [0.5, 0.6) is 0 Å². The van der Waals surface area contributed by atoms with Crippen molar-refractivity contribution in [3.05, 3.63) is 23.8 Å². The summed E-state index contributed by atoms with van der Waals surface area (Å²) in [5, 5.41) is 0. The summed E-state index contributed by atoms with van der Waals surface area (Å²) in [4.78, 5) is 71.5. The van der Waals surface area contributed by atoms with Gasteiger partial charge in [0.2, 0.25) is 0 Å². The van der Waals surface area contributed by atoms with Crippen LogP contribution in [0, 0.1) is 11.3 Å². The quantitative estimate of drug-likeness (QED) is 0.193. The van der Waals surface area contributed by atoms with E-state index >= 15 is 0 Å². The molecule has 0 radical (unpaired) electrons. The molecule has 0 N–H and O–H groups in total. The molecular formula is C29H40O13. The summed E-state index contributed by atoms with van der Waals surface area (Å²) >= 11 is 0. The highest BCUT2D eigenvalue weighted by atomic mass is 16.7. The predicted molar refractivity (Wildman–Crippen MR) is 143 cm³/mol. The Kier molecular flexibility index (Phi) is 12.4. The molecule has 1 aliphatic carbocycles. The van der Waals surface area contributed by atoms with Gasteiger partial charge in [0, 0.05) is 47.0 Å². The van der Waals surface area contributed by atoms with E-state index in [9.17, 15) is 28.8 Å². The molecule has 7 atom stereocenters. The lowest BCUT2D eigenvalue weighted by Crippen LogP contribution is -2.63. The summed E-state index contributed by atoms with van der Waals surface area (Å²) in [6.45, 7) is 10.8. The Hall–Kier alpha value is -3.58. The fourth-order valence-corrected chi connectivity index (χ4v) is 5.03. The number of ketones is 1. The van der Waals surface area contributed by atoms with Crippen molar-refractivity contribution in [2.24, 2.45) is 11.3 Å². The van der Waals surface area contributed by atoms with Gasteiger partial charge in [0.25, 0.3) is 0 Å². The Morgan fingerprint density at radius 1 is 0.881 bits per heavy atom. The van der Waals surface area contributed by atoms with Gasteiger partial charge >= 0.3 is 29.8 Å². The van der Waals surface area contributed by atoms with Crippen molar-refractivity contribution in [1.29, 1.82) is 0 Å². The monoisotopic (exact) mass is 596 g/mol. The molecule has 0 bridgehead atoms. The minimum absolute atomic E-state index is 0.0207. The van der Waals surface area contributed by atoms with Crippen LogP contribution < -0.4 is 0 Å². The molecule has 1 heterocycles. The Morgan fingerprint density at radius 2 is 1.43 bits per heavy atom. The second-order valence-corrected chi connectivity index (χ2v) is 10.9. The molecule has 1 aliphatic heterocycles. The van der Waals surface area contributed by atoms with Crippen LogP contribution in [0.15, 0.2) is 23.8 Å². The molecular weight excluding hydrogens is 556 g/mol. The summed E-state index contributed by atoms with van der Waals surface area (Å²) in [7, 11) is 0. The van der Waals surface area contributed by atoms with E-state index in [2.05, 4.69) is 0 Å². The van der Waals surface area contributed by atoms with Crippen LogP contribution in [0.3, 0.4) is 0 Å². The maximum absolute atomic E-state index is 12.1. The van der Waals surface area contributed by atoms with Crippen molar-refractivity contribution in [2.75, 3.05) is 13.2 Å². The Balaban J connectivity index is 2.51. The van der Waals surface area contributed by atoms with E-state index in [0.717, 1.165) is 26.3 Å². The number of rotatable bonds is 11. The van der Waals surface area contributed by atoms with Gasteiger partial charge in [0.05, 0.1) is 0 Å². The molecule has 2 aliphatic rings. The Labute approximate surface area is 244 Å². The molecule has 0 aromatic rings. The van der Waals surface area contributed by atoms with Crippen molar-refractivity contribution < 1.29 is 61.9 Å². The lowest BCUT2D eigenvalue weighted by Gasteiger charge is -2.44. The Morgan fingerprint density at radius 3 is 1.95 bits per heavy atom. The maximum atomic E-state index is 12.1.